The molecule has 1 aromatic carbocycles. The van der Waals surface area contributed by atoms with Crippen molar-refractivity contribution in [2.24, 2.45) is 5.92 Å². The van der Waals surface area contributed by atoms with Crippen molar-refractivity contribution in [3.63, 3.8) is 0 Å². The van der Waals surface area contributed by atoms with Gasteiger partial charge in [0.1, 0.15) is 0 Å². The van der Waals surface area contributed by atoms with Gasteiger partial charge < -0.3 is 15.5 Å². The molecule has 178 valence electrons. The molecule has 1 unspecified atom stereocenters. The standard InChI is InChI=1S/C22H31N7OS3/c1-15(9-23-21-24-11-17(31-4)12-25-21)10-26-22-27-19-7-6-18(8-20(19)32-22)33(5,30)29-13-16(14-29)28(2)3/h6-8,11-12,15-16H,5,9-10,13-14H2,1-4H3,(H,26,27)(H,23,24,25)/t15-,33?/m0/s1. The van der Waals surface area contributed by atoms with Gasteiger partial charge in [-0.15, -0.1) is 11.8 Å². The first-order chi connectivity index (χ1) is 15.8. The molecular formula is C22H31N7OS3. The third kappa shape index (κ3) is 5.60. The lowest BCUT2D eigenvalue weighted by atomic mass is 10.2. The number of nitrogens with one attached hydrogen (secondary N) is 2. The van der Waals surface area contributed by atoms with Gasteiger partial charge >= 0.3 is 0 Å². The highest BCUT2D eigenvalue weighted by atomic mass is 32.2. The fraction of sp³-hybridized carbons (Fsp3) is 0.455. The number of aromatic nitrogens is 3. The van der Waals surface area contributed by atoms with Crippen LogP contribution < -0.4 is 10.6 Å². The van der Waals surface area contributed by atoms with Crippen LogP contribution in [0, 0.1) is 5.92 Å². The van der Waals surface area contributed by atoms with E-state index in [0.717, 1.165) is 51.3 Å². The minimum atomic E-state index is -2.47. The minimum absolute atomic E-state index is 0.353. The second-order valence-corrected chi connectivity index (χ2v) is 12.7. The largest absolute Gasteiger partial charge is 0.361 e. The molecule has 1 aliphatic heterocycles. The zero-order valence-electron chi connectivity index (χ0n) is 19.4. The Labute approximate surface area is 204 Å². The summed E-state index contributed by atoms with van der Waals surface area (Å²) < 4.78 is 16.4. The van der Waals surface area contributed by atoms with Gasteiger partial charge in [-0.25, -0.2) is 23.5 Å². The number of thioether (sulfide) groups is 1. The number of hydrogen-bond donors (Lipinski definition) is 2. The number of rotatable bonds is 10. The lowest BCUT2D eigenvalue weighted by Crippen LogP contribution is -2.58. The maximum atomic E-state index is 13.4. The fourth-order valence-electron chi connectivity index (χ4n) is 3.42. The third-order valence-electron chi connectivity index (χ3n) is 5.78. The SMILES string of the molecule is C=S(=O)(c1ccc2nc(NC[C@@H](C)CNc3ncc(SC)cn3)sc2c1)N1CC(N(C)C)C1. The van der Waals surface area contributed by atoms with E-state index < -0.39 is 9.71 Å². The van der Waals surface area contributed by atoms with E-state index in [1.54, 1.807) is 23.1 Å². The molecule has 11 heteroatoms. The smallest absolute Gasteiger partial charge is 0.222 e. The molecule has 4 rings (SSSR count). The van der Waals surface area contributed by atoms with Crippen molar-refractivity contribution in [1.82, 2.24) is 24.2 Å². The molecular weight excluding hydrogens is 474 g/mol. The lowest BCUT2D eigenvalue weighted by molar-refractivity contribution is 0.138. The van der Waals surface area contributed by atoms with Gasteiger partial charge in [-0.1, -0.05) is 18.3 Å². The normalized spacial score (nSPS) is 17.6. The lowest BCUT2D eigenvalue weighted by Gasteiger charge is -2.43. The summed E-state index contributed by atoms with van der Waals surface area (Å²) in [5.41, 5.74) is 0.907. The van der Waals surface area contributed by atoms with E-state index in [1.165, 1.54) is 0 Å². The predicted octanol–water partition coefficient (Wildman–Crippen LogP) is 3.20. The second-order valence-electron chi connectivity index (χ2n) is 8.57. The van der Waals surface area contributed by atoms with E-state index in [1.807, 2.05) is 41.2 Å². The van der Waals surface area contributed by atoms with Crippen LogP contribution in [0.4, 0.5) is 11.1 Å². The summed E-state index contributed by atoms with van der Waals surface area (Å²) in [6.07, 6.45) is 5.66. The van der Waals surface area contributed by atoms with Crippen molar-refractivity contribution < 1.29 is 4.21 Å². The van der Waals surface area contributed by atoms with Crippen molar-refractivity contribution in [2.45, 2.75) is 22.8 Å². The molecule has 0 amide bonds. The highest BCUT2D eigenvalue weighted by Gasteiger charge is 2.34. The van der Waals surface area contributed by atoms with Crippen LogP contribution in [0.2, 0.25) is 0 Å². The van der Waals surface area contributed by atoms with Gasteiger partial charge in [-0.05, 0) is 50.3 Å². The van der Waals surface area contributed by atoms with Crippen LogP contribution in [-0.2, 0) is 9.71 Å². The molecule has 0 spiro atoms. The molecule has 2 atom stereocenters. The number of benzene rings is 1. The van der Waals surface area contributed by atoms with E-state index >= 15 is 0 Å². The second kappa shape index (κ2) is 10.1. The van der Waals surface area contributed by atoms with Crippen molar-refractivity contribution >= 4 is 60.0 Å². The van der Waals surface area contributed by atoms with Gasteiger partial charge in [0.2, 0.25) is 5.95 Å². The van der Waals surface area contributed by atoms with Crippen LogP contribution in [0.3, 0.4) is 0 Å². The Bertz CT molecular complexity index is 1190. The molecule has 0 bridgehead atoms. The maximum absolute atomic E-state index is 13.4. The third-order valence-corrected chi connectivity index (χ3v) is 9.56. The van der Waals surface area contributed by atoms with Crippen molar-refractivity contribution in [3.05, 3.63) is 30.6 Å². The molecule has 8 nitrogen and oxygen atoms in total. The Morgan fingerprint density at radius 3 is 2.64 bits per heavy atom. The topological polar surface area (TPSA) is 86.3 Å². The van der Waals surface area contributed by atoms with Crippen LogP contribution in [0.5, 0.6) is 0 Å². The van der Waals surface area contributed by atoms with Crippen LogP contribution >= 0.6 is 23.1 Å². The summed E-state index contributed by atoms with van der Waals surface area (Å²) in [6, 6.07) is 6.27. The zero-order valence-corrected chi connectivity index (χ0v) is 21.9. The average Bonchev–Trinajstić information content (AvgIpc) is 3.17. The molecule has 0 radical (unpaired) electrons. The van der Waals surface area contributed by atoms with Crippen molar-refractivity contribution in [1.29, 1.82) is 0 Å². The van der Waals surface area contributed by atoms with Gasteiger partial charge in [-0.2, -0.15) is 0 Å². The van der Waals surface area contributed by atoms with Crippen molar-refractivity contribution in [2.75, 3.05) is 57.2 Å². The van der Waals surface area contributed by atoms with Gasteiger partial charge in [0.15, 0.2) is 5.13 Å². The summed E-state index contributed by atoms with van der Waals surface area (Å²) in [5.74, 6) is 5.06. The van der Waals surface area contributed by atoms with E-state index in [4.69, 9.17) is 0 Å². The van der Waals surface area contributed by atoms with E-state index in [0.29, 0.717) is 17.9 Å². The van der Waals surface area contributed by atoms with Crippen LogP contribution in [0.15, 0.2) is 40.4 Å². The molecule has 2 aromatic heterocycles. The van der Waals surface area contributed by atoms with Crippen molar-refractivity contribution in [3.8, 4) is 0 Å². The Morgan fingerprint density at radius 1 is 1.27 bits per heavy atom. The van der Waals surface area contributed by atoms with Crippen LogP contribution in [0.25, 0.3) is 10.2 Å². The zero-order chi connectivity index (χ0) is 23.6. The molecule has 1 fully saturated rings. The fourth-order valence-corrected chi connectivity index (χ4v) is 6.43. The highest BCUT2D eigenvalue weighted by Crippen LogP contribution is 2.31. The summed E-state index contributed by atoms with van der Waals surface area (Å²) in [7, 11) is 1.64. The molecule has 0 aliphatic carbocycles. The number of thiazole rings is 1. The Hall–Kier alpha value is -1.92. The molecule has 3 heterocycles. The van der Waals surface area contributed by atoms with E-state index in [2.05, 4.69) is 57.4 Å². The van der Waals surface area contributed by atoms with Crippen LogP contribution in [-0.4, -0.2) is 86.8 Å². The number of anilines is 2. The van der Waals surface area contributed by atoms with Gasteiger partial charge in [-0.3, -0.25) is 0 Å². The minimum Gasteiger partial charge on any atom is -0.361 e. The predicted molar refractivity (Wildman–Crippen MR) is 142 cm³/mol. The quantitative estimate of drug-likeness (QED) is 0.321. The summed E-state index contributed by atoms with van der Waals surface area (Å²) in [6.45, 7) is 5.25. The average molecular weight is 506 g/mol. The molecule has 1 saturated heterocycles. The first kappa shape index (κ1) is 24.2. The van der Waals surface area contributed by atoms with Crippen LogP contribution in [0.1, 0.15) is 6.92 Å². The number of hydrogen-bond acceptors (Lipinski definition) is 9. The highest BCUT2D eigenvalue weighted by molar-refractivity contribution is 7.98. The maximum Gasteiger partial charge on any atom is 0.222 e. The van der Waals surface area contributed by atoms with E-state index in [9.17, 15) is 4.21 Å². The Balaban J connectivity index is 1.33. The molecule has 0 saturated carbocycles. The van der Waals surface area contributed by atoms with Gasteiger partial charge in [0.05, 0.1) is 19.9 Å². The molecule has 3 aromatic rings. The number of nitrogens with zero attached hydrogens (tertiary/aromatic N) is 5. The summed E-state index contributed by atoms with van der Waals surface area (Å²) >= 11 is 3.21. The molecule has 33 heavy (non-hydrogen) atoms. The first-order valence-corrected chi connectivity index (χ1v) is 14.5. The Kier molecular flexibility index (Phi) is 7.44. The summed E-state index contributed by atoms with van der Waals surface area (Å²) in [5, 5.41) is 7.57. The van der Waals surface area contributed by atoms with Gasteiger partial charge in [0.25, 0.3) is 0 Å². The van der Waals surface area contributed by atoms with Gasteiger partial charge in [0, 0.05) is 54.4 Å². The van der Waals surface area contributed by atoms with E-state index in [-0.39, 0.29) is 0 Å². The summed E-state index contributed by atoms with van der Waals surface area (Å²) in [4.78, 5) is 17.3. The molecule has 1 aliphatic rings. The number of fused-ring (bicyclic) bond motifs is 1. The monoisotopic (exact) mass is 505 g/mol. The first-order valence-electron chi connectivity index (χ1n) is 10.8. The Morgan fingerprint density at radius 2 is 1.97 bits per heavy atom. The molecule has 2 N–H and O–H groups in total. The number of likely N-dealkylation sites (N-methyl/N-ethyl adjacent to an activating group) is 1.